The van der Waals surface area contributed by atoms with Gasteiger partial charge in [0.2, 0.25) is 5.95 Å². The van der Waals surface area contributed by atoms with Crippen LogP contribution in [0.5, 0.6) is 0 Å². The van der Waals surface area contributed by atoms with Gasteiger partial charge in [-0.2, -0.15) is 4.98 Å². The van der Waals surface area contributed by atoms with Crippen molar-refractivity contribution in [3.8, 4) is 0 Å². The van der Waals surface area contributed by atoms with Gasteiger partial charge in [0.15, 0.2) is 7.85 Å². The third-order valence-corrected chi connectivity index (χ3v) is 10.7. The normalized spacial score (nSPS) is 28.9. The van der Waals surface area contributed by atoms with E-state index in [1.165, 1.54) is 37.8 Å². The molecule has 0 bridgehead atoms. The maximum absolute atomic E-state index is 12.2. The van der Waals surface area contributed by atoms with Crippen LogP contribution in [0.1, 0.15) is 56.7 Å². The molecular formula is C25H39B6N7O. The summed E-state index contributed by atoms with van der Waals surface area (Å²) >= 11 is 0. The van der Waals surface area contributed by atoms with E-state index in [-0.39, 0.29) is 10.7 Å². The van der Waals surface area contributed by atoms with Crippen LogP contribution in [-0.4, -0.2) is 93.4 Å². The Hall–Kier alpha value is -2.32. The summed E-state index contributed by atoms with van der Waals surface area (Å²) in [6.45, 7) is 2.16. The van der Waals surface area contributed by atoms with Crippen LogP contribution in [-0.2, 0) is 0 Å². The van der Waals surface area contributed by atoms with Gasteiger partial charge in [0.25, 0.3) is 0 Å². The third kappa shape index (κ3) is 4.07. The lowest BCUT2D eigenvalue weighted by Crippen LogP contribution is -2.93. The number of aliphatic hydroxyl groups is 1. The highest BCUT2D eigenvalue weighted by molar-refractivity contribution is 6.56. The van der Waals surface area contributed by atoms with Gasteiger partial charge in [0.05, 0.1) is 11.9 Å². The van der Waals surface area contributed by atoms with Crippen molar-refractivity contribution in [3.05, 3.63) is 36.3 Å². The molecule has 0 aromatic carbocycles. The van der Waals surface area contributed by atoms with Gasteiger partial charge in [-0.25, -0.2) is 9.97 Å². The SMILES string of the molecule is BC1(B)NC(B)(C2CCC2)C(B)(O)N(c2ccc(Nc3ncc4cc(C)n(C5CCCC5)c4n3)nc2)C1(B)B. The number of aryl methyl sites for hydroxylation is 1. The lowest BCUT2D eigenvalue weighted by Gasteiger charge is -2.71. The van der Waals surface area contributed by atoms with Crippen molar-refractivity contribution in [2.45, 2.75) is 79.6 Å². The number of rotatable bonds is 5. The Morgan fingerprint density at radius 3 is 2.31 bits per heavy atom. The molecule has 4 heterocycles. The minimum Gasteiger partial charge on any atom is -0.378 e. The third-order valence-electron chi connectivity index (χ3n) is 10.7. The molecule has 1 aliphatic heterocycles. The van der Waals surface area contributed by atoms with Crippen molar-refractivity contribution in [2.75, 3.05) is 10.2 Å². The van der Waals surface area contributed by atoms with Gasteiger partial charge in [0, 0.05) is 28.8 Å². The number of hydrogen-bond donors (Lipinski definition) is 3. The van der Waals surface area contributed by atoms with Gasteiger partial charge in [-0.1, -0.05) is 19.3 Å². The van der Waals surface area contributed by atoms with Gasteiger partial charge in [0.1, 0.15) is 56.3 Å². The first kappa shape index (κ1) is 26.9. The van der Waals surface area contributed by atoms with E-state index in [0.717, 1.165) is 29.6 Å². The van der Waals surface area contributed by atoms with Gasteiger partial charge in [-0.15, -0.1) is 0 Å². The molecule has 8 nitrogen and oxygen atoms in total. The summed E-state index contributed by atoms with van der Waals surface area (Å²) in [7, 11) is 13.0. The van der Waals surface area contributed by atoms with Crippen LogP contribution in [0.25, 0.3) is 11.0 Å². The summed E-state index contributed by atoms with van der Waals surface area (Å²) in [5.41, 5.74) is 1.58. The second kappa shape index (κ2) is 9.10. The molecule has 14 heteroatoms. The number of pyridine rings is 1. The molecule has 2 aliphatic carbocycles. The van der Waals surface area contributed by atoms with E-state index in [2.05, 4.69) is 83.4 Å². The van der Waals surface area contributed by atoms with Crippen molar-refractivity contribution in [1.82, 2.24) is 24.8 Å². The minimum atomic E-state index is -1.11. The monoisotopic (exact) mass is 519 g/mol. The van der Waals surface area contributed by atoms with Crippen molar-refractivity contribution >= 4 is 75.6 Å². The fourth-order valence-corrected chi connectivity index (χ4v) is 7.55. The smallest absolute Gasteiger partial charge is 0.230 e. The summed E-state index contributed by atoms with van der Waals surface area (Å²) < 4.78 is 2.39. The minimum absolute atomic E-state index is 0.244. The van der Waals surface area contributed by atoms with Gasteiger partial charge < -0.3 is 25.2 Å². The molecule has 39 heavy (non-hydrogen) atoms. The van der Waals surface area contributed by atoms with E-state index in [0.29, 0.717) is 23.7 Å². The second-order valence-electron chi connectivity index (χ2n) is 13.6. The van der Waals surface area contributed by atoms with Crippen LogP contribution in [0.2, 0.25) is 0 Å². The maximum Gasteiger partial charge on any atom is 0.230 e. The summed E-state index contributed by atoms with van der Waals surface area (Å²) in [4.78, 5) is 16.4. The fraction of sp³-hybridized carbons (Fsp3) is 0.560. The van der Waals surface area contributed by atoms with Gasteiger partial charge in [-0.05, 0) is 67.4 Å². The first-order valence-corrected chi connectivity index (χ1v) is 14.7. The van der Waals surface area contributed by atoms with E-state index >= 15 is 0 Å². The number of nitrogens with one attached hydrogen (secondary N) is 2. The Bertz CT molecular complexity index is 1390. The summed E-state index contributed by atoms with van der Waals surface area (Å²) in [6.07, 6.45) is 12.3. The molecule has 3 aromatic rings. The Morgan fingerprint density at radius 2 is 1.69 bits per heavy atom. The number of fused-ring (bicyclic) bond motifs is 1. The average molecular weight is 519 g/mol. The Balaban J connectivity index is 1.30. The van der Waals surface area contributed by atoms with Gasteiger partial charge >= 0.3 is 0 Å². The highest BCUT2D eigenvalue weighted by Crippen LogP contribution is 2.48. The largest absolute Gasteiger partial charge is 0.378 e. The van der Waals surface area contributed by atoms with Crippen molar-refractivity contribution in [1.29, 1.82) is 0 Å². The van der Waals surface area contributed by atoms with E-state index in [4.69, 9.17) is 9.97 Å². The highest BCUT2D eigenvalue weighted by Gasteiger charge is 2.63. The van der Waals surface area contributed by atoms with Crippen molar-refractivity contribution in [3.63, 3.8) is 0 Å². The zero-order chi connectivity index (χ0) is 27.8. The molecule has 2 atom stereocenters. The lowest BCUT2D eigenvalue weighted by atomic mass is 9.32. The zero-order valence-electron chi connectivity index (χ0n) is 24.7. The van der Waals surface area contributed by atoms with Crippen molar-refractivity contribution < 1.29 is 5.11 Å². The summed E-state index contributed by atoms with van der Waals surface area (Å²) in [6, 6.07) is 6.72. The van der Waals surface area contributed by atoms with Crippen molar-refractivity contribution in [2.24, 2.45) is 5.92 Å². The van der Waals surface area contributed by atoms with Crippen LogP contribution in [0.4, 0.5) is 17.5 Å². The van der Waals surface area contributed by atoms with E-state index in [1.807, 2.05) is 26.3 Å². The number of piperazine rings is 1. The van der Waals surface area contributed by atoms with E-state index < -0.39 is 11.1 Å². The first-order valence-electron chi connectivity index (χ1n) is 14.7. The van der Waals surface area contributed by atoms with E-state index in [9.17, 15) is 5.11 Å². The van der Waals surface area contributed by atoms with Crippen LogP contribution in [0.3, 0.4) is 0 Å². The van der Waals surface area contributed by atoms with Crippen LogP contribution in [0.15, 0.2) is 30.6 Å². The average Bonchev–Trinajstić information content (AvgIpc) is 3.44. The molecule has 0 amide bonds. The highest BCUT2D eigenvalue weighted by atomic mass is 16.3. The molecule has 198 valence electrons. The Labute approximate surface area is 237 Å². The molecule has 2 unspecified atom stereocenters. The quantitative estimate of drug-likeness (QED) is 0.326. The molecule has 0 spiro atoms. The molecule has 2 saturated carbocycles. The number of aromatic nitrogens is 4. The fourth-order valence-electron chi connectivity index (χ4n) is 7.55. The van der Waals surface area contributed by atoms with Crippen LogP contribution < -0.4 is 15.5 Å². The molecule has 3 aromatic heterocycles. The van der Waals surface area contributed by atoms with Gasteiger partial charge in [-0.3, -0.25) is 0 Å². The molecule has 1 saturated heterocycles. The zero-order valence-corrected chi connectivity index (χ0v) is 24.7. The molecule has 3 N–H and O–H groups in total. The summed E-state index contributed by atoms with van der Waals surface area (Å²) in [5.74, 6) is 1.66. The maximum atomic E-state index is 12.2. The lowest BCUT2D eigenvalue weighted by molar-refractivity contribution is -0.0246. The first-order chi connectivity index (χ1) is 18.3. The molecule has 6 rings (SSSR count). The predicted octanol–water partition coefficient (Wildman–Crippen LogP) is -2.35. The molecule has 3 fully saturated rings. The molecule has 3 aliphatic rings. The number of anilines is 3. The predicted molar refractivity (Wildman–Crippen MR) is 175 cm³/mol. The standard InChI is InChI=1S/C25H39B6N7O/c1-14-11-15-12-33-21(35-20(15)37(14)17-7-2-3-8-17)34-19-10-9-18(13-32-19)38-24(29,30)23(27,28)36-22(26,25(38,31)39)16-5-4-6-16/h9-13,16-17,36,39H,2-8,26-31H2,1H3,(H,32,33,34,35). The second-order valence-corrected chi connectivity index (χ2v) is 13.6. The Kier molecular flexibility index (Phi) is 6.27. The van der Waals surface area contributed by atoms with Crippen LogP contribution in [0, 0.1) is 12.8 Å². The topological polar surface area (TPSA) is 91.1 Å². The van der Waals surface area contributed by atoms with Crippen LogP contribution >= 0.6 is 0 Å². The summed E-state index contributed by atoms with van der Waals surface area (Å²) in [5, 5.41) is 19.9. The molecule has 0 radical (unpaired) electrons. The van der Waals surface area contributed by atoms with E-state index in [1.54, 1.807) is 0 Å². The molecular weight excluding hydrogens is 479 g/mol. The Morgan fingerprint density at radius 1 is 0.974 bits per heavy atom. The number of nitrogens with zero attached hydrogens (tertiary/aromatic N) is 5. The number of hydrogen-bond acceptors (Lipinski definition) is 7.